The second kappa shape index (κ2) is 6.14. The number of nitrogens with one attached hydrogen (secondary N) is 2. The van der Waals surface area contributed by atoms with Crippen molar-refractivity contribution in [1.82, 2.24) is 10.9 Å². The highest BCUT2D eigenvalue weighted by Gasteiger charge is 2.19. The number of rotatable bonds is 3. The number of thiophene rings is 1. The van der Waals surface area contributed by atoms with Gasteiger partial charge in [-0.15, -0.1) is 11.3 Å². The van der Waals surface area contributed by atoms with Crippen molar-refractivity contribution < 1.29 is 9.53 Å². The van der Waals surface area contributed by atoms with Gasteiger partial charge in [-0.1, -0.05) is 0 Å². The summed E-state index contributed by atoms with van der Waals surface area (Å²) in [6.07, 6.45) is 4.54. The Balaban J connectivity index is 1.87. The number of hydrogen-bond acceptors (Lipinski definition) is 4. The largest absolute Gasteiger partial charge is 0.443 e. The Morgan fingerprint density at radius 1 is 1.35 bits per heavy atom. The molecule has 0 fully saturated rings. The molecule has 0 radical (unpaired) electrons. The van der Waals surface area contributed by atoms with Crippen molar-refractivity contribution in [3.8, 4) is 0 Å². The Kier molecular flexibility index (Phi) is 4.70. The summed E-state index contributed by atoms with van der Waals surface area (Å²) in [6.45, 7) is 7.60. The number of fused-ring (bicyclic) bond motifs is 1. The number of ether oxygens (including phenoxy) is 1. The summed E-state index contributed by atoms with van der Waals surface area (Å²) in [5, 5.41) is 0. The Morgan fingerprint density at radius 3 is 2.70 bits per heavy atom. The van der Waals surface area contributed by atoms with E-state index in [4.69, 9.17) is 4.74 Å². The third kappa shape index (κ3) is 4.21. The van der Waals surface area contributed by atoms with Gasteiger partial charge in [0.15, 0.2) is 0 Å². The van der Waals surface area contributed by atoms with E-state index in [1.54, 1.807) is 0 Å². The summed E-state index contributed by atoms with van der Waals surface area (Å²) >= 11 is 1.85. The molecular weight excluding hydrogens is 272 g/mol. The van der Waals surface area contributed by atoms with Crippen LogP contribution in [-0.4, -0.2) is 11.7 Å². The fourth-order valence-corrected chi connectivity index (χ4v) is 3.53. The standard InChI is InChI=1S/C15H24N2O2S/c1-10(16-17-14(18)19-15(2,3)4)13-9-11-7-5-6-8-12(11)20-13/h9-10,16H,5-8H2,1-4H3,(H,17,18). The van der Waals surface area contributed by atoms with Crippen LogP contribution in [0.3, 0.4) is 0 Å². The average molecular weight is 296 g/mol. The van der Waals surface area contributed by atoms with E-state index >= 15 is 0 Å². The van der Waals surface area contributed by atoms with Gasteiger partial charge in [-0.05, 0) is 65.0 Å². The Labute approximate surface area is 124 Å². The van der Waals surface area contributed by atoms with Gasteiger partial charge >= 0.3 is 6.09 Å². The van der Waals surface area contributed by atoms with E-state index in [2.05, 4.69) is 23.8 Å². The normalized spacial score (nSPS) is 16.4. The molecule has 0 saturated heterocycles. The van der Waals surface area contributed by atoms with Crippen LogP contribution in [0.5, 0.6) is 0 Å². The van der Waals surface area contributed by atoms with E-state index in [9.17, 15) is 4.79 Å². The van der Waals surface area contributed by atoms with Gasteiger partial charge in [0.1, 0.15) is 5.60 Å². The van der Waals surface area contributed by atoms with Crippen LogP contribution < -0.4 is 10.9 Å². The molecule has 112 valence electrons. The number of aryl methyl sites for hydroxylation is 2. The van der Waals surface area contributed by atoms with Crippen molar-refractivity contribution in [3.05, 3.63) is 21.4 Å². The van der Waals surface area contributed by atoms with Gasteiger partial charge < -0.3 is 4.74 Å². The summed E-state index contributed by atoms with van der Waals surface area (Å²) in [7, 11) is 0. The first-order valence-electron chi connectivity index (χ1n) is 7.21. The quantitative estimate of drug-likeness (QED) is 0.836. The molecule has 1 aliphatic rings. The highest BCUT2D eigenvalue weighted by Crippen LogP contribution is 2.32. The minimum atomic E-state index is -0.475. The molecule has 1 aromatic heterocycles. The summed E-state index contributed by atoms with van der Waals surface area (Å²) < 4.78 is 5.20. The van der Waals surface area contributed by atoms with Crippen molar-refractivity contribution in [2.45, 2.75) is 65.0 Å². The third-order valence-electron chi connectivity index (χ3n) is 3.23. The van der Waals surface area contributed by atoms with E-state index < -0.39 is 11.7 Å². The molecule has 2 rings (SSSR count). The van der Waals surface area contributed by atoms with E-state index in [0.29, 0.717) is 0 Å². The Bertz CT molecular complexity index is 453. The third-order valence-corrected chi connectivity index (χ3v) is 4.65. The van der Waals surface area contributed by atoms with Crippen molar-refractivity contribution >= 4 is 17.4 Å². The van der Waals surface area contributed by atoms with E-state index in [1.807, 2.05) is 32.1 Å². The maximum atomic E-state index is 11.6. The van der Waals surface area contributed by atoms with Crippen LogP contribution in [0.2, 0.25) is 0 Å². The molecule has 0 bridgehead atoms. The number of hydrazine groups is 1. The number of carbonyl (C=O) groups is 1. The Hall–Kier alpha value is -1.07. The van der Waals surface area contributed by atoms with Crippen LogP contribution in [0, 0.1) is 0 Å². The zero-order chi connectivity index (χ0) is 14.8. The molecule has 20 heavy (non-hydrogen) atoms. The van der Waals surface area contributed by atoms with Crippen molar-refractivity contribution in [2.24, 2.45) is 0 Å². The zero-order valence-corrected chi connectivity index (χ0v) is 13.5. The molecule has 1 aliphatic carbocycles. The number of amides is 1. The first kappa shape index (κ1) is 15.3. The molecule has 1 amide bonds. The van der Waals surface area contributed by atoms with Gasteiger partial charge in [-0.2, -0.15) is 0 Å². The molecule has 0 spiro atoms. The summed E-state index contributed by atoms with van der Waals surface area (Å²) in [6, 6.07) is 2.37. The van der Waals surface area contributed by atoms with Gasteiger partial charge in [0, 0.05) is 9.75 Å². The minimum Gasteiger partial charge on any atom is -0.443 e. The lowest BCUT2D eigenvalue weighted by atomic mass is 9.99. The fraction of sp³-hybridized carbons (Fsp3) is 0.667. The molecule has 0 aromatic carbocycles. The molecule has 5 heteroatoms. The molecule has 1 unspecified atom stereocenters. The van der Waals surface area contributed by atoms with E-state index in [1.165, 1.54) is 41.0 Å². The molecule has 0 saturated carbocycles. The predicted octanol–water partition coefficient (Wildman–Crippen LogP) is 3.72. The lowest BCUT2D eigenvalue weighted by molar-refractivity contribution is 0.0490. The van der Waals surface area contributed by atoms with Crippen LogP contribution in [0.1, 0.15) is 61.9 Å². The van der Waals surface area contributed by atoms with Crippen LogP contribution in [0.15, 0.2) is 6.07 Å². The van der Waals surface area contributed by atoms with E-state index in [-0.39, 0.29) is 6.04 Å². The molecule has 4 nitrogen and oxygen atoms in total. The molecule has 1 heterocycles. The van der Waals surface area contributed by atoms with Crippen molar-refractivity contribution in [3.63, 3.8) is 0 Å². The van der Waals surface area contributed by atoms with Gasteiger partial charge in [0.05, 0.1) is 6.04 Å². The average Bonchev–Trinajstić information content (AvgIpc) is 2.77. The first-order valence-corrected chi connectivity index (χ1v) is 8.03. The fourth-order valence-electron chi connectivity index (χ4n) is 2.27. The number of carbonyl (C=O) groups excluding carboxylic acids is 1. The maximum Gasteiger partial charge on any atom is 0.422 e. The van der Waals surface area contributed by atoms with Gasteiger partial charge in [0.25, 0.3) is 0 Å². The molecule has 2 N–H and O–H groups in total. The first-order chi connectivity index (χ1) is 9.35. The second-order valence-corrected chi connectivity index (χ2v) is 7.47. The van der Waals surface area contributed by atoms with Crippen LogP contribution >= 0.6 is 11.3 Å². The Morgan fingerprint density at radius 2 is 2.05 bits per heavy atom. The summed E-state index contributed by atoms with van der Waals surface area (Å²) in [5.74, 6) is 0. The van der Waals surface area contributed by atoms with Gasteiger partial charge in [-0.3, -0.25) is 5.43 Å². The lowest BCUT2D eigenvalue weighted by Crippen LogP contribution is -2.42. The zero-order valence-electron chi connectivity index (χ0n) is 12.7. The minimum absolute atomic E-state index is 0.0955. The van der Waals surface area contributed by atoms with Gasteiger partial charge in [0.2, 0.25) is 0 Å². The van der Waals surface area contributed by atoms with Gasteiger partial charge in [-0.25, -0.2) is 10.2 Å². The molecular formula is C15H24N2O2S. The lowest BCUT2D eigenvalue weighted by Gasteiger charge is -2.21. The van der Waals surface area contributed by atoms with Crippen LogP contribution in [-0.2, 0) is 17.6 Å². The van der Waals surface area contributed by atoms with Crippen LogP contribution in [0.4, 0.5) is 4.79 Å². The highest BCUT2D eigenvalue weighted by atomic mass is 32.1. The maximum absolute atomic E-state index is 11.6. The SMILES string of the molecule is CC(NNC(=O)OC(C)(C)C)c1cc2c(s1)CCCC2. The smallest absolute Gasteiger partial charge is 0.422 e. The number of hydrogen-bond donors (Lipinski definition) is 2. The summed E-state index contributed by atoms with van der Waals surface area (Å²) in [4.78, 5) is 14.4. The molecule has 0 aliphatic heterocycles. The predicted molar refractivity (Wildman–Crippen MR) is 81.9 cm³/mol. The van der Waals surface area contributed by atoms with Crippen molar-refractivity contribution in [2.75, 3.05) is 0 Å². The highest BCUT2D eigenvalue weighted by molar-refractivity contribution is 7.12. The molecule has 1 aromatic rings. The second-order valence-electron chi connectivity index (χ2n) is 6.30. The monoisotopic (exact) mass is 296 g/mol. The van der Waals surface area contributed by atoms with E-state index in [0.717, 1.165) is 0 Å². The summed E-state index contributed by atoms with van der Waals surface area (Å²) in [5.41, 5.74) is 6.64. The van der Waals surface area contributed by atoms with Crippen LogP contribution in [0.25, 0.3) is 0 Å². The topological polar surface area (TPSA) is 50.4 Å². The van der Waals surface area contributed by atoms with Crippen molar-refractivity contribution in [1.29, 1.82) is 0 Å². The molecule has 1 atom stereocenters.